The molecule has 5 nitrogen and oxygen atoms in total. The van der Waals surface area contributed by atoms with Crippen molar-refractivity contribution in [3.05, 3.63) is 0 Å². The average Bonchev–Trinajstić information content (AvgIpc) is 2.84. The summed E-state index contributed by atoms with van der Waals surface area (Å²) in [6.45, 7) is 8.38. The molecule has 5 heteroatoms. The van der Waals surface area contributed by atoms with Crippen molar-refractivity contribution in [3.8, 4) is 0 Å². The number of nitrogens with two attached hydrogens (primary N) is 1. The fourth-order valence-corrected chi connectivity index (χ4v) is 2.70. The van der Waals surface area contributed by atoms with E-state index in [9.17, 15) is 4.79 Å². The predicted octanol–water partition coefficient (Wildman–Crippen LogP) is 1.36. The summed E-state index contributed by atoms with van der Waals surface area (Å²) in [5.74, 6) is 0.434. The molecule has 104 valence electrons. The topological polar surface area (TPSA) is 64.8 Å². The van der Waals surface area contributed by atoms with E-state index in [-0.39, 0.29) is 11.7 Å². The molecule has 2 atom stereocenters. The fourth-order valence-electron chi connectivity index (χ4n) is 2.70. The lowest BCUT2D eigenvalue weighted by Gasteiger charge is -2.26. The van der Waals surface area contributed by atoms with Gasteiger partial charge in [0, 0.05) is 6.54 Å². The lowest BCUT2D eigenvalue weighted by atomic mass is 9.93. The second-order valence-electron chi connectivity index (χ2n) is 6.45. The molecule has 0 aliphatic carbocycles. The van der Waals surface area contributed by atoms with Crippen LogP contribution in [0.3, 0.4) is 0 Å². The van der Waals surface area contributed by atoms with Crippen LogP contribution in [0.1, 0.15) is 33.6 Å². The van der Waals surface area contributed by atoms with Crippen LogP contribution in [0.5, 0.6) is 0 Å². The van der Waals surface area contributed by atoms with Gasteiger partial charge < -0.3 is 20.1 Å². The minimum atomic E-state index is -0.441. The number of hydrogen-bond acceptors (Lipinski definition) is 4. The summed E-state index contributed by atoms with van der Waals surface area (Å²) >= 11 is 0. The molecule has 2 aliphatic heterocycles. The Morgan fingerprint density at radius 3 is 2.83 bits per heavy atom. The molecule has 0 saturated carbocycles. The van der Waals surface area contributed by atoms with Crippen LogP contribution in [0.15, 0.2) is 0 Å². The van der Waals surface area contributed by atoms with Crippen LogP contribution in [0.25, 0.3) is 0 Å². The number of nitrogens with zero attached hydrogens (tertiary/aromatic N) is 1. The zero-order chi connectivity index (χ0) is 13.4. The molecule has 0 radical (unpaired) electrons. The lowest BCUT2D eigenvalue weighted by molar-refractivity contribution is 0.000154. The van der Waals surface area contributed by atoms with E-state index in [1.165, 1.54) is 0 Å². The summed E-state index contributed by atoms with van der Waals surface area (Å²) in [5.41, 5.74) is 5.07. The van der Waals surface area contributed by atoms with E-state index in [2.05, 4.69) is 0 Å². The van der Waals surface area contributed by atoms with E-state index < -0.39 is 5.60 Å². The van der Waals surface area contributed by atoms with Gasteiger partial charge in [0.1, 0.15) is 5.60 Å². The molecule has 1 amide bonds. The molecule has 18 heavy (non-hydrogen) atoms. The van der Waals surface area contributed by atoms with Crippen LogP contribution < -0.4 is 5.73 Å². The first kappa shape index (κ1) is 13.6. The SMILES string of the molecule is CC(C)(C)OC(=O)N1CCC2(CC(CN)CO2)C1. The van der Waals surface area contributed by atoms with Crippen molar-refractivity contribution >= 4 is 6.09 Å². The highest BCUT2D eigenvalue weighted by Gasteiger charge is 2.47. The molecule has 0 bridgehead atoms. The van der Waals surface area contributed by atoms with Crippen LogP contribution in [0.4, 0.5) is 4.79 Å². The number of hydrogen-bond donors (Lipinski definition) is 1. The third-order valence-corrected chi connectivity index (χ3v) is 3.59. The smallest absolute Gasteiger partial charge is 0.410 e. The Morgan fingerprint density at radius 2 is 2.28 bits per heavy atom. The second kappa shape index (κ2) is 4.70. The molecule has 2 saturated heterocycles. The highest BCUT2D eigenvalue weighted by atomic mass is 16.6. The van der Waals surface area contributed by atoms with E-state index in [4.69, 9.17) is 15.2 Å². The van der Waals surface area contributed by atoms with Crippen molar-refractivity contribution < 1.29 is 14.3 Å². The van der Waals surface area contributed by atoms with Crippen molar-refractivity contribution in [2.75, 3.05) is 26.2 Å². The van der Waals surface area contributed by atoms with E-state index in [1.54, 1.807) is 4.90 Å². The summed E-state index contributed by atoms with van der Waals surface area (Å²) < 4.78 is 11.3. The Bertz CT molecular complexity index is 327. The summed E-state index contributed by atoms with van der Waals surface area (Å²) in [5, 5.41) is 0. The summed E-state index contributed by atoms with van der Waals surface area (Å²) in [6.07, 6.45) is 1.62. The monoisotopic (exact) mass is 256 g/mol. The van der Waals surface area contributed by atoms with Gasteiger partial charge in [-0.2, -0.15) is 0 Å². The Labute approximate surface area is 109 Å². The highest BCUT2D eigenvalue weighted by molar-refractivity contribution is 5.68. The van der Waals surface area contributed by atoms with Gasteiger partial charge >= 0.3 is 6.09 Å². The van der Waals surface area contributed by atoms with Crippen LogP contribution in [-0.2, 0) is 9.47 Å². The van der Waals surface area contributed by atoms with Gasteiger partial charge in [0.05, 0.1) is 18.8 Å². The fraction of sp³-hybridized carbons (Fsp3) is 0.923. The number of ether oxygens (including phenoxy) is 2. The zero-order valence-electron chi connectivity index (χ0n) is 11.6. The molecule has 2 rings (SSSR count). The standard InChI is InChI=1S/C13H24N2O3/c1-12(2,3)18-11(16)15-5-4-13(9-15)6-10(7-14)8-17-13/h10H,4-9,14H2,1-3H3. The van der Waals surface area contributed by atoms with Gasteiger partial charge in [0.15, 0.2) is 0 Å². The van der Waals surface area contributed by atoms with Gasteiger partial charge in [-0.25, -0.2) is 4.79 Å². The van der Waals surface area contributed by atoms with Gasteiger partial charge in [0.25, 0.3) is 0 Å². The normalized spacial score (nSPS) is 32.2. The number of rotatable bonds is 1. The molecule has 2 unspecified atom stereocenters. The van der Waals surface area contributed by atoms with Crippen molar-refractivity contribution in [1.82, 2.24) is 4.90 Å². The molecule has 0 aromatic heterocycles. The van der Waals surface area contributed by atoms with Crippen molar-refractivity contribution in [2.45, 2.75) is 44.8 Å². The highest BCUT2D eigenvalue weighted by Crippen LogP contribution is 2.37. The third-order valence-electron chi connectivity index (χ3n) is 3.59. The van der Waals surface area contributed by atoms with Gasteiger partial charge in [-0.3, -0.25) is 0 Å². The first-order chi connectivity index (χ1) is 8.34. The molecular formula is C13H24N2O3. The number of likely N-dealkylation sites (tertiary alicyclic amines) is 1. The second-order valence-corrected chi connectivity index (χ2v) is 6.45. The number of amides is 1. The Hall–Kier alpha value is -0.810. The Morgan fingerprint density at radius 1 is 1.56 bits per heavy atom. The Balaban J connectivity index is 1.91. The maximum Gasteiger partial charge on any atom is 0.410 e. The minimum absolute atomic E-state index is 0.166. The minimum Gasteiger partial charge on any atom is -0.444 e. The molecule has 2 N–H and O–H groups in total. The molecule has 0 aromatic rings. The first-order valence-corrected chi connectivity index (χ1v) is 6.65. The lowest BCUT2D eigenvalue weighted by Crippen LogP contribution is -2.39. The van der Waals surface area contributed by atoms with Gasteiger partial charge in [-0.1, -0.05) is 0 Å². The molecule has 0 aromatic carbocycles. The molecule has 1 spiro atoms. The van der Waals surface area contributed by atoms with E-state index in [0.29, 0.717) is 25.6 Å². The van der Waals surface area contributed by atoms with Gasteiger partial charge in [0.2, 0.25) is 0 Å². The summed E-state index contributed by atoms with van der Waals surface area (Å²) in [7, 11) is 0. The van der Waals surface area contributed by atoms with Gasteiger partial charge in [-0.05, 0) is 46.1 Å². The molecule has 2 heterocycles. The van der Waals surface area contributed by atoms with Crippen LogP contribution in [-0.4, -0.2) is 48.4 Å². The quantitative estimate of drug-likeness (QED) is 0.769. The van der Waals surface area contributed by atoms with E-state index >= 15 is 0 Å². The van der Waals surface area contributed by atoms with E-state index in [0.717, 1.165) is 19.4 Å². The van der Waals surface area contributed by atoms with Crippen LogP contribution in [0.2, 0.25) is 0 Å². The molecule has 2 aliphatic rings. The van der Waals surface area contributed by atoms with Crippen molar-refractivity contribution in [2.24, 2.45) is 11.7 Å². The van der Waals surface area contributed by atoms with E-state index in [1.807, 2.05) is 20.8 Å². The van der Waals surface area contributed by atoms with Gasteiger partial charge in [-0.15, -0.1) is 0 Å². The Kier molecular flexibility index (Phi) is 3.56. The van der Waals surface area contributed by atoms with Crippen LogP contribution >= 0.6 is 0 Å². The third kappa shape index (κ3) is 2.95. The largest absolute Gasteiger partial charge is 0.444 e. The number of carbonyl (C=O) groups excluding carboxylic acids is 1. The molecule has 2 fully saturated rings. The van der Waals surface area contributed by atoms with Crippen molar-refractivity contribution in [1.29, 1.82) is 0 Å². The maximum atomic E-state index is 12.0. The van der Waals surface area contributed by atoms with Crippen molar-refractivity contribution in [3.63, 3.8) is 0 Å². The molecular weight excluding hydrogens is 232 g/mol. The van der Waals surface area contributed by atoms with Crippen LogP contribution in [0, 0.1) is 5.92 Å². The number of carbonyl (C=O) groups is 1. The average molecular weight is 256 g/mol. The summed E-state index contributed by atoms with van der Waals surface area (Å²) in [6, 6.07) is 0. The maximum absolute atomic E-state index is 12.0. The first-order valence-electron chi connectivity index (χ1n) is 6.65. The predicted molar refractivity (Wildman–Crippen MR) is 68.3 cm³/mol. The zero-order valence-corrected chi connectivity index (χ0v) is 11.6. The summed E-state index contributed by atoms with van der Waals surface area (Å²) in [4.78, 5) is 13.7.